The van der Waals surface area contributed by atoms with Gasteiger partial charge in [-0.2, -0.15) is 5.26 Å². The molecule has 0 bridgehead atoms. The monoisotopic (exact) mass is 486 g/mol. The highest BCUT2D eigenvalue weighted by Gasteiger charge is 2.28. The summed E-state index contributed by atoms with van der Waals surface area (Å²) in [5.74, 6) is -0.145. The van der Waals surface area contributed by atoms with Crippen molar-refractivity contribution < 1.29 is 4.79 Å². The van der Waals surface area contributed by atoms with Gasteiger partial charge >= 0.3 is 0 Å². The van der Waals surface area contributed by atoms with E-state index in [0.29, 0.717) is 54.3 Å². The second kappa shape index (κ2) is 9.55. The highest BCUT2D eigenvalue weighted by Crippen LogP contribution is 2.33. The van der Waals surface area contributed by atoms with E-state index in [0.717, 1.165) is 5.56 Å². The van der Waals surface area contributed by atoms with Gasteiger partial charge in [-0.15, -0.1) is 0 Å². The summed E-state index contributed by atoms with van der Waals surface area (Å²) in [4.78, 5) is 38.6. The molecule has 0 N–H and O–H groups in total. The standard InChI is InChI=1S/C25H24BClN6O2/c1-5-19(34)31-8-10-32(11-9-31)22-16-12-18(27)23(26)30-24(16)33(25(35)17(22)13-28)21-15(4)6-7-29-20(21)14(2)3/h5-7,12,14H,1,8-11H2,2-4H3. The first-order valence-electron chi connectivity index (χ1n) is 11.3. The fourth-order valence-electron chi connectivity index (χ4n) is 4.48. The molecular weight excluding hydrogens is 463 g/mol. The molecule has 0 atom stereocenters. The Morgan fingerprint density at radius 2 is 1.97 bits per heavy atom. The summed E-state index contributed by atoms with van der Waals surface area (Å²) in [5, 5.41) is 10.9. The highest BCUT2D eigenvalue weighted by atomic mass is 35.5. The lowest BCUT2D eigenvalue weighted by atomic mass is 10.0. The Labute approximate surface area is 209 Å². The second-order valence-corrected chi connectivity index (χ2v) is 9.14. The van der Waals surface area contributed by atoms with Gasteiger partial charge in [0.05, 0.1) is 22.1 Å². The van der Waals surface area contributed by atoms with Crippen LogP contribution in [-0.4, -0.2) is 59.4 Å². The van der Waals surface area contributed by atoms with Crippen LogP contribution in [0.4, 0.5) is 5.69 Å². The molecule has 1 aliphatic rings. The topological polar surface area (TPSA) is 95.1 Å². The number of carbonyl (C=O) groups is 1. The molecule has 1 fully saturated rings. The van der Waals surface area contributed by atoms with E-state index in [9.17, 15) is 14.9 Å². The normalized spacial score (nSPS) is 13.8. The molecule has 4 heterocycles. The Morgan fingerprint density at radius 3 is 2.57 bits per heavy atom. The first-order valence-corrected chi connectivity index (χ1v) is 11.6. The van der Waals surface area contributed by atoms with Crippen LogP contribution >= 0.6 is 11.6 Å². The molecule has 2 radical (unpaired) electrons. The van der Waals surface area contributed by atoms with E-state index < -0.39 is 5.56 Å². The number of hydrogen-bond acceptors (Lipinski definition) is 6. The van der Waals surface area contributed by atoms with Crippen LogP contribution in [0.15, 0.2) is 35.8 Å². The summed E-state index contributed by atoms with van der Waals surface area (Å²) in [6, 6.07) is 5.58. The molecule has 176 valence electrons. The lowest BCUT2D eigenvalue weighted by Gasteiger charge is -2.36. The molecule has 35 heavy (non-hydrogen) atoms. The van der Waals surface area contributed by atoms with E-state index in [2.05, 4.69) is 22.6 Å². The number of nitriles is 1. The number of halogens is 1. The van der Waals surface area contributed by atoms with Crippen LogP contribution < -0.4 is 16.1 Å². The molecule has 3 aromatic heterocycles. The fraction of sp³-hybridized carbons (Fsp3) is 0.320. The second-order valence-electron chi connectivity index (χ2n) is 8.74. The summed E-state index contributed by atoms with van der Waals surface area (Å²) in [6.45, 7) is 11.1. The average molecular weight is 487 g/mol. The van der Waals surface area contributed by atoms with Crippen molar-refractivity contribution >= 4 is 47.7 Å². The predicted octanol–water partition coefficient (Wildman–Crippen LogP) is 2.37. The van der Waals surface area contributed by atoms with Crippen LogP contribution in [-0.2, 0) is 4.79 Å². The molecule has 1 amide bonds. The average Bonchev–Trinajstić information content (AvgIpc) is 2.84. The van der Waals surface area contributed by atoms with Gasteiger partial charge in [-0.25, -0.2) is 4.98 Å². The highest BCUT2D eigenvalue weighted by molar-refractivity contribution is 6.44. The number of carbonyl (C=O) groups excluding carboxylic acids is 1. The smallest absolute Gasteiger partial charge is 0.276 e. The molecule has 1 aliphatic heterocycles. The number of rotatable bonds is 4. The number of anilines is 1. The maximum atomic E-state index is 13.9. The van der Waals surface area contributed by atoms with E-state index in [4.69, 9.17) is 19.4 Å². The Bertz CT molecular complexity index is 1450. The summed E-state index contributed by atoms with van der Waals surface area (Å²) >= 11 is 6.38. The van der Waals surface area contributed by atoms with Gasteiger partial charge in [0.15, 0.2) is 0 Å². The zero-order valence-electron chi connectivity index (χ0n) is 19.9. The molecule has 0 unspecified atom stereocenters. The molecular formula is C25H24BClN6O2. The molecule has 0 spiro atoms. The van der Waals surface area contributed by atoms with Gasteiger partial charge in [-0.3, -0.25) is 19.1 Å². The lowest BCUT2D eigenvalue weighted by molar-refractivity contribution is -0.126. The van der Waals surface area contributed by atoms with Crippen molar-refractivity contribution in [3.8, 4) is 11.8 Å². The van der Waals surface area contributed by atoms with Gasteiger partial charge in [0.25, 0.3) is 5.56 Å². The number of amides is 1. The fourth-order valence-corrected chi connectivity index (χ4v) is 4.63. The minimum Gasteiger partial charge on any atom is -0.366 e. The van der Waals surface area contributed by atoms with Crippen molar-refractivity contribution in [2.24, 2.45) is 0 Å². The Hall–Kier alpha value is -3.64. The van der Waals surface area contributed by atoms with Crippen molar-refractivity contribution in [2.75, 3.05) is 31.1 Å². The first kappa shape index (κ1) is 24.5. The summed E-state index contributed by atoms with van der Waals surface area (Å²) in [7, 11) is 6.08. The number of aromatic nitrogens is 3. The molecule has 1 saturated heterocycles. The van der Waals surface area contributed by atoms with Crippen LogP contribution in [0.1, 0.15) is 36.6 Å². The van der Waals surface area contributed by atoms with Crippen LogP contribution in [0.25, 0.3) is 16.7 Å². The minimum atomic E-state index is -0.508. The summed E-state index contributed by atoms with van der Waals surface area (Å²) in [5.41, 5.74) is 2.39. The van der Waals surface area contributed by atoms with E-state index >= 15 is 0 Å². The molecule has 0 aliphatic carbocycles. The van der Waals surface area contributed by atoms with Crippen LogP contribution in [0.2, 0.25) is 5.02 Å². The number of aryl methyl sites for hydroxylation is 1. The lowest BCUT2D eigenvalue weighted by Crippen LogP contribution is -2.49. The number of hydrogen-bond donors (Lipinski definition) is 0. The largest absolute Gasteiger partial charge is 0.366 e. The minimum absolute atomic E-state index is 0.0113. The zero-order chi connectivity index (χ0) is 25.4. The van der Waals surface area contributed by atoms with Gasteiger partial charge in [0.2, 0.25) is 5.91 Å². The number of piperazine rings is 1. The Morgan fingerprint density at radius 1 is 1.29 bits per heavy atom. The number of fused-ring (bicyclic) bond motifs is 1. The first-order chi connectivity index (χ1) is 16.7. The quantitative estimate of drug-likeness (QED) is 0.415. The van der Waals surface area contributed by atoms with Gasteiger partial charge < -0.3 is 9.80 Å². The van der Waals surface area contributed by atoms with Crippen molar-refractivity contribution in [1.29, 1.82) is 5.26 Å². The maximum absolute atomic E-state index is 13.9. The Balaban J connectivity index is 2.04. The van der Waals surface area contributed by atoms with Gasteiger partial charge in [-0.05, 0) is 36.6 Å². The molecule has 10 heteroatoms. The van der Waals surface area contributed by atoms with Crippen LogP contribution in [0, 0.1) is 18.3 Å². The van der Waals surface area contributed by atoms with Gasteiger partial charge in [-0.1, -0.05) is 32.0 Å². The zero-order valence-corrected chi connectivity index (χ0v) is 20.6. The van der Waals surface area contributed by atoms with Crippen LogP contribution in [0.5, 0.6) is 0 Å². The van der Waals surface area contributed by atoms with E-state index in [-0.39, 0.29) is 28.0 Å². The molecule has 0 aromatic carbocycles. The van der Waals surface area contributed by atoms with Crippen molar-refractivity contribution in [1.82, 2.24) is 19.4 Å². The summed E-state index contributed by atoms with van der Waals surface area (Å²) < 4.78 is 1.43. The van der Waals surface area contributed by atoms with E-state index in [1.54, 1.807) is 17.2 Å². The van der Waals surface area contributed by atoms with Crippen molar-refractivity contribution in [2.45, 2.75) is 26.7 Å². The SMILES string of the molecule is [B]c1nc2c(cc1Cl)c(N1CCN(C(=O)C=C)CC1)c(C#N)c(=O)n2-c1c(C)ccnc1C(C)C. The van der Waals surface area contributed by atoms with E-state index in [1.807, 2.05) is 31.7 Å². The molecule has 4 rings (SSSR count). The third kappa shape index (κ3) is 4.19. The summed E-state index contributed by atoms with van der Waals surface area (Å²) in [6.07, 6.45) is 2.98. The Kier molecular flexibility index (Phi) is 6.68. The molecule has 0 saturated carbocycles. The van der Waals surface area contributed by atoms with Crippen LogP contribution in [0.3, 0.4) is 0 Å². The molecule has 3 aromatic rings. The van der Waals surface area contributed by atoms with E-state index in [1.165, 1.54) is 10.6 Å². The maximum Gasteiger partial charge on any atom is 0.276 e. The third-order valence-corrected chi connectivity index (χ3v) is 6.53. The van der Waals surface area contributed by atoms with Gasteiger partial charge in [0.1, 0.15) is 25.1 Å². The number of pyridine rings is 3. The molecule has 8 nitrogen and oxygen atoms in total. The predicted molar refractivity (Wildman–Crippen MR) is 138 cm³/mol. The van der Waals surface area contributed by atoms with Crippen molar-refractivity contribution in [3.05, 3.63) is 63.2 Å². The van der Waals surface area contributed by atoms with Crippen molar-refractivity contribution in [3.63, 3.8) is 0 Å². The third-order valence-electron chi connectivity index (χ3n) is 6.22. The van der Waals surface area contributed by atoms with Gasteiger partial charge in [0, 0.05) is 43.4 Å². The number of nitrogens with zero attached hydrogens (tertiary/aromatic N) is 6.